The zero-order valence-electron chi connectivity index (χ0n) is 11.3. The highest BCUT2D eigenvalue weighted by Crippen LogP contribution is 2.26. The Balaban J connectivity index is 2.71. The molecular weight excluding hydrogens is 262 g/mol. The molecule has 96 valence electrons. The molecule has 2 rings (SSSR count). The number of thioether (sulfide) groups is 1. The molecule has 0 radical (unpaired) electrons. The molecule has 0 aromatic carbocycles. The van der Waals surface area contributed by atoms with E-state index in [1.54, 1.807) is 11.8 Å². The molecule has 0 amide bonds. The first kappa shape index (κ1) is 13.4. The summed E-state index contributed by atoms with van der Waals surface area (Å²) in [4.78, 5) is 0. The van der Waals surface area contributed by atoms with Gasteiger partial charge in [0, 0.05) is 14.1 Å². The Kier molecular flexibility index (Phi) is 3.64. The lowest BCUT2D eigenvalue weighted by atomic mass is 10.1. The Morgan fingerprint density at radius 1 is 1.17 bits per heavy atom. The molecule has 0 spiro atoms. The third kappa shape index (κ3) is 2.12. The predicted molar refractivity (Wildman–Crippen MR) is 79.7 cm³/mol. The molecule has 0 atom stereocenters. The van der Waals surface area contributed by atoms with Crippen LogP contribution in [0.4, 0.5) is 0 Å². The van der Waals surface area contributed by atoms with Gasteiger partial charge in [0.2, 0.25) is 0 Å². The van der Waals surface area contributed by atoms with Crippen molar-refractivity contribution in [3.05, 3.63) is 27.9 Å². The quantitative estimate of drug-likeness (QED) is 0.621. The summed E-state index contributed by atoms with van der Waals surface area (Å²) in [6, 6.07) is 4.24. The van der Waals surface area contributed by atoms with E-state index in [9.17, 15) is 0 Å². The molecule has 0 N–H and O–H groups in total. The fraction of sp³-hybridized carbons (Fsp3) is 0.385. The van der Waals surface area contributed by atoms with Crippen LogP contribution in [-0.4, -0.2) is 20.6 Å². The van der Waals surface area contributed by atoms with Gasteiger partial charge in [-0.1, -0.05) is 18.3 Å². The maximum Gasteiger partial charge on any atom is 0.110 e. The largest absolute Gasteiger partial charge is 0.333 e. The van der Waals surface area contributed by atoms with Crippen molar-refractivity contribution in [1.82, 2.24) is 14.3 Å². The molecule has 2 heterocycles. The molecule has 0 bridgehead atoms. The van der Waals surface area contributed by atoms with Crippen LogP contribution < -0.4 is 0 Å². The van der Waals surface area contributed by atoms with E-state index in [1.165, 1.54) is 5.56 Å². The van der Waals surface area contributed by atoms with Crippen molar-refractivity contribution < 1.29 is 0 Å². The molecule has 2 aromatic rings. The monoisotopic (exact) mass is 279 g/mol. The summed E-state index contributed by atoms with van der Waals surface area (Å²) in [5.74, 6) is 0. The summed E-state index contributed by atoms with van der Waals surface area (Å²) in [5.41, 5.74) is 4.42. The Labute approximate surface area is 117 Å². The van der Waals surface area contributed by atoms with Gasteiger partial charge in [0.05, 0.1) is 10.7 Å². The van der Waals surface area contributed by atoms with Crippen LogP contribution in [0.3, 0.4) is 0 Å². The molecule has 18 heavy (non-hydrogen) atoms. The minimum absolute atomic E-state index is 0.868. The number of rotatable bonds is 2. The Morgan fingerprint density at radius 2 is 1.83 bits per heavy atom. The summed E-state index contributed by atoms with van der Waals surface area (Å²) in [6.07, 6.45) is 2.06. The number of aromatic nitrogens is 3. The number of nitrogens with zero attached hydrogens (tertiary/aromatic N) is 3. The molecular formula is C13H17N3S2. The summed E-state index contributed by atoms with van der Waals surface area (Å²) in [5, 5.41) is 5.72. The van der Waals surface area contributed by atoms with Gasteiger partial charge in [-0.05, 0) is 37.3 Å². The molecule has 3 nitrogen and oxygen atoms in total. The van der Waals surface area contributed by atoms with E-state index < -0.39 is 0 Å². The molecule has 0 fully saturated rings. The van der Waals surface area contributed by atoms with Crippen molar-refractivity contribution in [2.24, 2.45) is 14.1 Å². The van der Waals surface area contributed by atoms with Gasteiger partial charge >= 0.3 is 0 Å². The van der Waals surface area contributed by atoms with Gasteiger partial charge in [0.1, 0.15) is 10.3 Å². The first-order valence-corrected chi connectivity index (χ1v) is 7.34. The first-order valence-electron chi connectivity index (χ1n) is 5.71. The second-order valence-electron chi connectivity index (χ2n) is 4.42. The Bertz CT molecular complexity index is 653. The summed E-state index contributed by atoms with van der Waals surface area (Å²) >= 11 is 7.13. The average molecular weight is 279 g/mol. The highest BCUT2D eigenvalue weighted by Gasteiger charge is 2.12. The van der Waals surface area contributed by atoms with Crippen molar-refractivity contribution in [3.8, 4) is 11.4 Å². The minimum Gasteiger partial charge on any atom is -0.333 e. The maximum atomic E-state index is 5.43. The molecule has 5 heteroatoms. The van der Waals surface area contributed by atoms with Crippen LogP contribution in [0.25, 0.3) is 11.4 Å². The lowest BCUT2D eigenvalue weighted by Crippen LogP contribution is -2.03. The molecule has 2 aromatic heterocycles. The number of aryl methyl sites for hydroxylation is 3. The predicted octanol–water partition coefficient (Wildman–Crippen LogP) is 3.49. The van der Waals surface area contributed by atoms with E-state index in [0.717, 1.165) is 26.6 Å². The van der Waals surface area contributed by atoms with Crippen molar-refractivity contribution in [3.63, 3.8) is 0 Å². The molecule has 0 saturated carbocycles. The van der Waals surface area contributed by atoms with Gasteiger partial charge in [-0.25, -0.2) is 0 Å². The normalized spacial score (nSPS) is 10.9. The fourth-order valence-electron chi connectivity index (χ4n) is 2.22. The van der Waals surface area contributed by atoms with Crippen LogP contribution in [0, 0.1) is 18.5 Å². The lowest BCUT2D eigenvalue weighted by Gasteiger charge is -2.12. The van der Waals surface area contributed by atoms with Crippen LogP contribution >= 0.6 is 24.0 Å². The molecule has 0 unspecified atom stereocenters. The highest BCUT2D eigenvalue weighted by molar-refractivity contribution is 7.98. The molecule has 0 aliphatic heterocycles. The summed E-state index contributed by atoms with van der Waals surface area (Å²) in [6.45, 7) is 4.15. The highest BCUT2D eigenvalue weighted by atomic mass is 32.2. The van der Waals surface area contributed by atoms with Crippen molar-refractivity contribution in [2.75, 3.05) is 6.26 Å². The maximum absolute atomic E-state index is 5.43. The van der Waals surface area contributed by atoms with Crippen LogP contribution in [0.1, 0.15) is 11.1 Å². The average Bonchev–Trinajstić information content (AvgIpc) is 2.67. The zero-order valence-corrected chi connectivity index (χ0v) is 12.9. The van der Waals surface area contributed by atoms with E-state index in [4.69, 9.17) is 12.2 Å². The van der Waals surface area contributed by atoms with Crippen LogP contribution in [0.5, 0.6) is 0 Å². The second kappa shape index (κ2) is 4.90. The van der Waals surface area contributed by atoms with Crippen LogP contribution in [-0.2, 0) is 14.1 Å². The van der Waals surface area contributed by atoms with E-state index in [2.05, 4.69) is 30.4 Å². The zero-order chi connectivity index (χ0) is 13.4. The number of hydrogen-bond donors (Lipinski definition) is 0. The SMILES string of the molecule is CSc1cc(-c2c(C)cc(C)c(=S)n2C)nn1C. The number of hydrogen-bond acceptors (Lipinski definition) is 3. The van der Waals surface area contributed by atoms with E-state index in [-0.39, 0.29) is 0 Å². The van der Waals surface area contributed by atoms with Crippen LogP contribution in [0.15, 0.2) is 17.2 Å². The van der Waals surface area contributed by atoms with Crippen molar-refractivity contribution in [1.29, 1.82) is 0 Å². The van der Waals surface area contributed by atoms with E-state index in [0.29, 0.717) is 0 Å². The van der Waals surface area contributed by atoms with Gasteiger partial charge in [0.25, 0.3) is 0 Å². The van der Waals surface area contributed by atoms with E-state index in [1.807, 2.05) is 30.3 Å². The summed E-state index contributed by atoms with van der Waals surface area (Å²) < 4.78 is 4.82. The summed E-state index contributed by atoms with van der Waals surface area (Å²) in [7, 11) is 3.97. The first-order chi connectivity index (χ1) is 8.45. The lowest BCUT2D eigenvalue weighted by molar-refractivity contribution is 0.699. The van der Waals surface area contributed by atoms with Gasteiger partial charge in [-0.2, -0.15) is 5.10 Å². The van der Waals surface area contributed by atoms with Gasteiger partial charge in [-0.15, -0.1) is 11.8 Å². The van der Waals surface area contributed by atoms with Gasteiger partial charge < -0.3 is 4.57 Å². The fourth-order valence-corrected chi connectivity index (χ4v) is 2.90. The van der Waals surface area contributed by atoms with Crippen LogP contribution in [0.2, 0.25) is 0 Å². The molecule has 0 aliphatic rings. The standard InChI is InChI=1S/C13H17N3S2/c1-8-6-9(2)13(17)15(3)12(8)10-7-11(18-5)16(4)14-10/h6-7H,1-5H3. The van der Waals surface area contributed by atoms with Gasteiger partial charge in [-0.3, -0.25) is 4.68 Å². The number of pyridine rings is 1. The smallest absolute Gasteiger partial charge is 0.110 e. The Hall–Kier alpha value is -1.07. The van der Waals surface area contributed by atoms with Gasteiger partial charge in [0.15, 0.2) is 0 Å². The second-order valence-corrected chi connectivity index (χ2v) is 5.63. The third-order valence-corrected chi connectivity index (χ3v) is 4.47. The topological polar surface area (TPSA) is 22.8 Å². The van der Waals surface area contributed by atoms with E-state index >= 15 is 0 Å². The molecule has 0 saturated heterocycles. The molecule has 0 aliphatic carbocycles. The van der Waals surface area contributed by atoms with Crippen molar-refractivity contribution in [2.45, 2.75) is 18.9 Å². The third-order valence-electron chi connectivity index (χ3n) is 3.07. The van der Waals surface area contributed by atoms with Crippen molar-refractivity contribution >= 4 is 24.0 Å². The Morgan fingerprint density at radius 3 is 2.39 bits per heavy atom. The minimum atomic E-state index is 0.868.